The van der Waals surface area contributed by atoms with Crippen molar-refractivity contribution >= 4 is 5.91 Å². The summed E-state index contributed by atoms with van der Waals surface area (Å²) in [6.07, 6.45) is 0. The normalized spacial score (nSPS) is 15.2. The summed E-state index contributed by atoms with van der Waals surface area (Å²) in [6.45, 7) is 8.43. The van der Waals surface area contributed by atoms with Crippen molar-refractivity contribution in [3.05, 3.63) is 64.7 Å². The Hall–Kier alpha value is -2.33. The van der Waals surface area contributed by atoms with Crippen LogP contribution in [0.15, 0.2) is 42.5 Å². The highest BCUT2D eigenvalue weighted by atomic mass is 16.5. The fourth-order valence-electron chi connectivity index (χ4n) is 3.27. The van der Waals surface area contributed by atoms with Gasteiger partial charge in [-0.05, 0) is 42.7 Å². The molecule has 1 aliphatic heterocycles. The lowest BCUT2D eigenvalue weighted by molar-refractivity contribution is 0.0628. The molecule has 4 nitrogen and oxygen atoms in total. The second-order valence-corrected chi connectivity index (χ2v) is 6.68. The molecule has 2 aromatic carbocycles. The average molecular weight is 338 g/mol. The van der Waals surface area contributed by atoms with Gasteiger partial charge in [0.2, 0.25) is 0 Å². The molecule has 25 heavy (non-hydrogen) atoms. The van der Waals surface area contributed by atoms with Crippen molar-refractivity contribution in [2.24, 2.45) is 0 Å². The average Bonchev–Trinajstić information content (AvgIpc) is 2.64. The van der Waals surface area contributed by atoms with E-state index < -0.39 is 0 Å². The summed E-state index contributed by atoms with van der Waals surface area (Å²) in [5.41, 5.74) is 4.44. The van der Waals surface area contributed by atoms with E-state index in [1.165, 1.54) is 11.1 Å². The van der Waals surface area contributed by atoms with Gasteiger partial charge in [-0.15, -0.1) is 0 Å². The van der Waals surface area contributed by atoms with Crippen molar-refractivity contribution < 1.29 is 9.53 Å². The zero-order valence-corrected chi connectivity index (χ0v) is 15.3. The molecule has 1 fully saturated rings. The molecule has 3 rings (SSSR count). The van der Waals surface area contributed by atoms with E-state index in [0.29, 0.717) is 5.56 Å². The van der Waals surface area contributed by atoms with E-state index in [1.807, 2.05) is 30.0 Å². The fourth-order valence-corrected chi connectivity index (χ4v) is 3.27. The highest BCUT2D eigenvalue weighted by Gasteiger charge is 2.22. The van der Waals surface area contributed by atoms with E-state index in [0.717, 1.165) is 44.0 Å². The monoisotopic (exact) mass is 338 g/mol. The highest BCUT2D eigenvalue weighted by Crippen LogP contribution is 2.21. The van der Waals surface area contributed by atoms with E-state index >= 15 is 0 Å². The minimum atomic E-state index is 0.0915. The maximum Gasteiger partial charge on any atom is 0.254 e. The van der Waals surface area contributed by atoms with Gasteiger partial charge in [0, 0.05) is 38.3 Å². The molecule has 0 radical (unpaired) electrons. The Morgan fingerprint density at radius 1 is 1.00 bits per heavy atom. The number of ether oxygens (including phenoxy) is 1. The molecule has 0 aromatic heterocycles. The molecule has 0 aliphatic carbocycles. The van der Waals surface area contributed by atoms with Crippen LogP contribution in [-0.4, -0.2) is 49.0 Å². The molecular weight excluding hydrogens is 312 g/mol. The van der Waals surface area contributed by atoms with Crippen LogP contribution in [0, 0.1) is 13.8 Å². The number of piperazine rings is 1. The zero-order chi connectivity index (χ0) is 17.8. The molecule has 1 amide bonds. The molecule has 0 spiro atoms. The lowest BCUT2D eigenvalue weighted by atomic mass is 10.1. The Bertz CT molecular complexity index is 749. The number of methoxy groups -OCH3 is 1. The van der Waals surface area contributed by atoms with Crippen LogP contribution < -0.4 is 4.74 Å². The number of hydrogen-bond acceptors (Lipinski definition) is 3. The van der Waals surface area contributed by atoms with Gasteiger partial charge in [-0.25, -0.2) is 0 Å². The molecule has 1 heterocycles. The van der Waals surface area contributed by atoms with Crippen molar-refractivity contribution in [2.75, 3.05) is 33.3 Å². The first-order chi connectivity index (χ1) is 12.1. The number of aryl methyl sites for hydroxylation is 2. The Kier molecular flexibility index (Phi) is 5.39. The van der Waals surface area contributed by atoms with Crippen molar-refractivity contribution in [2.45, 2.75) is 20.4 Å². The van der Waals surface area contributed by atoms with Crippen LogP contribution in [0.4, 0.5) is 0 Å². The number of amides is 1. The third kappa shape index (κ3) is 4.02. The number of carbonyl (C=O) groups excluding carboxylic acids is 1. The van der Waals surface area contributed by atoms with Crippen molar-refractivity contribution in [1.82, 2.24) is 9.80 Å². The van der Waals surface area contributed by atoms with Crippen LogP contribution in [0.5, 0.6) is 5.75 Å². The minimum absolute atomic E-state index is 0.0915. The van der Waals surface area contributed by atoms with Crippen molar-refractivity contribution in [1.29, 1.82) is 0 Å². The smallest absolute Gasteiger partial charge is 0.254 e. The molecule has 132 valence electrons. The van der Waals surface area contributed by atoms with Gasteiger partial charge in [-0.1, -0.05) is 30.3 Å². The molecule has 0 unspecified atom stereocenters. The van der Waals surface area contributed by atoms with Gasteiger partial charge in [0.05, 0.1) is 7.11 Å². The molecule has 0 bridgehead atoms. The van der Waals surface area contributed by atoms with Crippen LogP contribution in [-0.2, 0) is 6.54 Å². The summed E-state index contributed by atoms with van der Waals surface area (Å²) in [4.78, 5) is 17.1. The van der Waals surface area contributed by atoms with Crippen LogP contribution >= 0.6 is 0 Å². The standard InChI is InChI=1S/C21H26N2O2/c1-16-6-4-5-7-19(16)15-22-10-12-23(13-11-22)21(24)18-9-8-17(2)20(14-18)25-3/h4-9,14H,10-13,15H2,1-3H3. The van der Waals surface area contributed by atoms with Gasteiger partial charge in [0.15, 0.2) is 0 Å². The zero-order valence-electron chi connectivity index (χ0n) is 15.3. The second kappa shape index (κ2) is 7.70. The van der Waals surface area contributed by atoms with Crippen molar-refractivity contribution in [3.63, 3.8) is 0 Å². The van der Waals surface area contributed by atoms with Gasteiger partial charge in [0.1, 0.15) is 5.75 Å². The number of carbonyl (C=O) groups is 1. The first-order valence-corrected chi connectivity index (χ1v) is 8.79. The van der Waals surface area contributed by atoms with Crippen LogP contribution in [0.1, 0.15) is 27.0 Å². The summed E-state index contributed by atoms with van der Waals surface area (Å²) < 4.78 is 5.34. The van der Waals surface area contributed by atoms with Gasteiger partial charge in [0.25, 0.3) is 5.91 Å². The van der Waals surface area contributed by atoms with Crippen molar-refractivity contribution in [3.8, 4) is 5.75 Å². The summed E-state index contributed by atoms with van der Waals surface area (Å²) in [5, 5.41) is 0. The molecule has 1 saturated heterocycles. The molecule has 0 atom stereocenters. The largest absolute Gasteiger partial charge is 0.496 e. The molecule has 1 aliphatic rings. The third-order valence-corrected chi connectivity index (χ3v) is 4.97. The number of benzene rings is 2. The summed E-state index contributed by atoms with van der Waals surface area (Å²) in [5.74, 6) is 0.859. The molecule has 2 aromatic rings. The molecule has 4 heteroatoms. The van der Waals surface area contributed by atoms with E-state index in [2.05, 4.69) is 36.1 Å². The predicted molar refractivity (Wildman–Crippen MR) is 100 cm³/mol. The lowest BCUT2D eigenvalue weighted by Gasteiger charge is -2.35. The Labute approximate surface area is 150 Å². The topological polar surface area (TPSA) is 32.8 Å². The second-order valence-electron chi connectivity index (χ2n) is 6.68. The maximum atomic E-state index is 12.8. The SMILES string of the molecule is COc1cc(C(=O)N2CCN(Cc3ccccc3C)CC2)ccc1C. The van der Waals surface area contributed by atoms with Gasteiger partial charge in [-0.3, -0.25) is 9.69 Å². The maximum absolute atomic E-state index is 12.8. The number of nitrogens with zero attached hydrogens (tertiary/aromatic N) is 2. The number of rotatable bonds is 4. The predicted octanol–water partition coefficient (Wildman–Crippen LogP) is 3.27. The Morgan fingerprint density at radius 2 is 1.72 bits per heavy atom. The lowest BCUT2D eigenvalue weighted by Crippen LogP contribution is -2.48. The first-order valence-electron chi connectivity index (χ1n) is 8.79. The summed E-state index contributed by atoms with van der Waals surface area (Å²) in [7, 11) is 1.64. The van der Waals surface area contributed by atoms with E-state index in [1.54, 1.807) is 7.11 Å². The Morgan fingerprint density at radius 3 is 2.40 bits per heavy atom. The van der Waals surface area contributed by atoms with Crippen LogP contribution in [0.2, 0.25) is 0 Å². The van der Waals surface area contributed by atoms with E-state index in [9.17, 15) is 4.79 Å². The quantitative estimate of drug-likeness (QED) is 0.858. The minimum Gasteiger partial charge on any atom is -0.496 e. The highest BCUT2D eigenvalue weighted by molar-refractivity contribution is 5.94. The number of hydrogen-bond donors (Lipinski definition) is 0. The van der Waals surface area contributed by atoms with E-state index in [4.69, 9.17) is 4.74 Å². The van der Waals surface area contributed by atoms with Gasteiger partial charge in [-0.2, -0.15) is 0 Å². The molecule has 0 saturated carbocycles. The van der Waals surface area contributed by atoms with E-state index in [-0.39, 0.29) is 5.91 Å². The molecule has 0 N–H and O–H groups in total. The fraction of sp³-hybridized carbons (Fsp3) is 0.381. The summed E-state index contributed by atoms with van der Waals surface area (Å²) in [6, 6.07) is 14.2. The van der Waals surface area contributed by atoms with Crippen LogP contribution in [0.3, 0.4) is 0 Å². The molecular formula is C21H26N2O2. The van der Waals surface area contributed by atoms with Gasteiger partial charge < -0.3 is 9.64 Å². The van der Waals surface area contributed by atoms with Crippen LogP contribution in [0.25, 0.3) is 0 Å². The summed E-state index contributed by atoms with van der Waals surface area (Å²) >= 11 is 0. The van der Waals surface area contributed by atoms with Gasteiger partial charge >= 0.3 is 0 Å². The Balaban J connectivity index is 1.60. The third-order valence-electron chi connectivity index (χ3n) is 4.97. The first kappa shape index (κ1) is 17.5.